The maximum atomic E-state index is 9.73. The summed E-state index contributed by atoms with van der Waals surface area (Å²) < 4.78 is 0. The van der Waals surface area contributed by atoms with Crippen LogP contribution in [0, 0.1) is 11.8 Å². The van der Waals surface area contributed by atoms with Gasteiger partial charge in [-0.05, 0) is 31.6 Å². The van der Waals surface area contributed by atoms with E-state index in [1.165, 1.54) is 0 Å². The molecule has 0 aromatic carbocycles. The van der Waals surface area contributed by atoms with Crippen LogP contribution in [-0.4, -0.2) is 33.1 Å². The summed E-state index contributed by atoms with van der Waals surface area (Å²) in [5.41, 5.74) is -1.12. The largest absolute Gasteiger partial charge is 0.390 e. The smallest absolute Gasteiger partial charge is 0.108 e. The van der Waals surface area contributed by atoms with Crippen LogP contribution >= 0.6 is 0 Å². The van der Waals surface area contributed by atoms with Crippen molar-refractivity contribution in [3.8, 4) is 0 Å². The van der Waals surface area contributed by atoms with Crippen LogP contribution in [0.2, 0.25) is 0 Å². The van der Waals surface area contributed by atoms with E-state index in [4.69, 9.17) is 0 Å². The molecule has 0 radical (unpaired) electrons. The monoisotopic (exact) mass is 188 g/mol. The fourth-order valence-corrected chi connectivity index (χ4v) is 2.11. The molecule has 0 aromatic rings. The molecule has 1 aliphatic rings. The van der Waals surface area contributed by atoms with E-state index < -0.39 is 17.8 Å². The van der Waals surface area contributed by atoms with E-state index in [2.05, 4.69) is 0 Å². The van der Waals surface area contributed by atoms with E-state index in [0.717, 1.165) is 6.42 Å². The minimum Gasteiger partial charge on any atom is -0.390 e. The Morgan fingerprint density at radius 2 is 1.85 bits per heavy atom. The zero-order chi connectivity index (χ0) is 10.2. The van der Waals surface area contributed by atoms with Crippen molar-refractivity contribution in [1.29, 1.82) is 0 Å². The molecule has 3 N–H and O–H groups in total. The molecule has 1 saturated carbocycles. The summed E-state index contributed by atoms with van der Waals surface area (Å²) in [5.74, 6) is 0.455. The summed E-state index contributed by atoms with van der Waals surface area (Å²) in [6.07, 6.45) is -0.450. The van der Waals surface area contributed by atoms with E-state index >= 15 is 0 Å². The third-order valence-electron chi connectivity index (χ3n) is 3.24. The Kier molecular flexibility index (Phi) is 3.00. The fraction of sp³-hybridized carbons (Fsp3) is 1.00. The molecule has 0 bridgehead atoms. The third-order valence-corrected chi connectivity index (χ3v) is 3.24. The van der Waals surface area contributed by atoms with E-state index in [1.807, 2.05) is 13.8 Å². The molecule has 78 valence electrons. The van der Waals surface area contributed by atoms with E-state index in [0.29, 0.717) is 12.3 Å². The average molecular weight is 188 g/mol. The molecule has 4 atom stereocenters. The lowest BCUT2D eigenvalue weighted by Crippen LogP contribution is -2.54. The summed E-state index contributed by atoms with van der Waals surface area (Å²) in [5, 5.41) is 29.1. The van der Waals surface area contributed by atoms with Crippen LogP contribution in [0.15, 0.2) is 0 Å². The first-order chi connectivity index (χ1) is 5.86. The van der Waals surface area contributed by atoms with Gasteiger partial charge < -0.3 is 15.3 Å². The Bertz CT molecular complexity index is 175. The van der Waals surface area contributed by atoms with Gasteiger partial charge in [0.2, 0.25) is 0 Å². The maximum absolute atomic E-state index is 9.73. The summed E-state index contributed by atoms with van der Waals surface area (Å²) in [7, 11) is 0. The van der Waals surface area contributed by atoms with Crippen molar-refractivity contribution in [2.75, 3.05) is 0 Å². The highest BCUT2D eigenvalue weighted by Crippen LogP contribution is 2.35. The zero-order valence-corrected chi connectivity index (χ0v) is 8.57. The van der Waals surface area contributed by atoms with Gasteiger partial charge in [-0.15, -0.1) is 0 Å². The summed E-state index contributed by atoms with van der Waals surface area (Å²) in [6, 6.07) is 0. The van der Waals surface area contributed by atoms with Gasteiger partial charge in [0.15, 0.2) is 0 Å². The van der Waals surface area contributed by atoms with E-state index in [-0.39, 0.29) is 5.92 Å². The average Bonchev–Trinajstić information content (AvgIpc) is 2.00. The fourth-order valence-electron chi connectivity index (χ4n) is 2.11. The molecule has 0 amide bonds. The van der Waals surface area contributed by atoms with Crippen LogP contribution in [0.5, 0.6) is 0 Å². The molecular formula is C10H20O3. The van der Waals surface area contributed by atoms with Gasteiger partial charge in [0, 0.05) is 0 Å². The Balaban J connectivity index is 2.70. The first-order valence-corrected chi connectivity index (χ1v) is 4.95. The predicted octanol–water partition coefficient (Wildman–Crippen LogP) is 0.525. The van der Waals surface area contributed by atoms with Crippen molar-refractivity contribution in [1.82, 2.24) is 0 Å². The predicted molar refractivity (Wildman–Crippen MR) is 50.2 cm³/mol. The van der Waals surface area contributed by atoms with Crippen molar-refractivity contribution in [3.05, 3.63) is 0 Å². The first kappa shape index (κ1) is 11.0. The van der Waals surface area contributed by atoms with Crippen molar-refractivity contribution in [2.24, 2.45) is 11.8 Å². The lowest BCUT2D eigenvalue weighted by molar-refractivity contribution is -0.166. The molecule has 0 saturated heterocycles. The molecule has 3 unspecified atom stereocenters. The van der Waals surface area contributed by atoms with Gasteiger partial charge in [-0.3, -0.25) is 0 Å². The van der Waals surface area contributed by atoms with Crippen LogP contribution in [-0.2, 0) is 0 Å². The minimum atomic E-state index is -1.12. The Morgan fingerprint density at radius 3 is 2.31 bits per heavy atom. The molecule has 3 nitrogen and oxygen atoms in total. The number of rotatable bonds is 1. The molecule has 3 heteroatoms. The summed E-state index contributed by atoms with van der Waals surface area (Å²) >= 11 is 0. The minimum absolute atomic E-state index is 0.107. The normalized spacial score (nSPS) is 46.8. The lowest BCUT2D eigenvalue weighted by atomic mass is 9.71. The molecule has 1 fully saturated rings. The molecule has 1 rings (SSSR count). The molecule has 13 heavy (non-hydrogen) atoms. The van der Waals surface area contributed by atoms with Gasteiger partial charge in [-0.25, -0.2) is 0 Å². The summed E-state index contributed by atoms with van der Waals surface area (Å²) in [4.78, 5) is 0. The number of hydrogen-bond acceptors (Lipinski definition) is 3. The van der Waals surface area contributed by atoms with Crippen molar-refractivity contribution in [3.63, 3.8) is 0 Å². The Morgan fingerprint density at radius 1 is 1.31 bits per heavy atom. The molecule has 0 heterocycles. The van der Waals surface area contributed by atoms with Crippen molar-refractivity contribution in [2.45, 2.75) is 51.4 Å². The molecule has 0 aromatic heterocycles. The van der Waals surface area contributed by atoms with Crippen LogP contribution < -0.4 is 0 Å². The van der Waals surface area contributed by atoms with Gasteiger partial charge in [0.05, 0.1) is 11.7 Å². The quantitative estimate of drug-likeness (QED) is 0.562. The van der Waals surface area contributed by atoms with Crippen LogP contribution in [0.25, 0.3) is 0 Å². The highest BCUT2D eigenvalue weighted by molar-refractivity contribution is 4.95. The SMILES string of the molecule is CC(C)[C@@H]1CCC(C)(O)C(O)C1O. The van der Waals surface area contributed by atoms with Gasteiger partial charge in [-0.1, -0.05) is 13.8 Å². The van der Waals surface area contributed by atoms with Crippen molar-refractivity contribution < 1.29 is 15.3 Å². The van der Waals surface area contributed by atoms with Crippen LogP contribution in [0.3, 0.4) is 0 Å². The van der Waals surface area contributed by atoms with Gasteiger partial charge >= 0.3 is 0 Å². The van der Waals surface area contributed by atoms with Crippen LogP contribution in [0.4, 0.5) is 0 Å². The molecule has 0 spiro atoms. The second-order valence-corrected chi connectivity index (χ2v) is 4.74. The van der Waals surface area contributed by atoms with E-state index in [1.54, 1.807) is 6.92 Å². The standard InChI is InChI=1S/C10H20O3/c1-6(2)7-4-5-10(3,13)9(12)8(7)11/h6-9,11-13H,4-5H2,1-3H3/t7-,8?,9?,10?/m0/s1. The molecular weight excluding hydrogens is 168 g/mol. The maximum Gasteiger partial charge on any atom is 0.108 e. The number of aliphatic hydroxyl groups is 3. The van der Waals surface area contributed by atoms with Crippen molar-refractivity contribution >= 4 is 0 Å². The highest BCUT2D eigenvalue weighted by atomic mass is 16.4. The summed E-state index contributed by atoms with van der Waals surface area (Å²) in [6.45, 7) is 5.64. The van der Waals surface area contributed by atoms with E-state index in [9.17, 15) is 15.3 Å². The van der Waals surface area contributed by atoms with Gasteiger partial charge in [0.25, 0.3) is 0 Å². The second-order valence-electron chi connectivity index (χ2n) is 4.74. The number of hydrogen-bond donors (Lipinski definition) is 3. The highest BCUT2D eigenvalue weighted by Gasteiger charge is 2.44. The first-order valence-electron chi connectivity index (χ1n) is 4.95. The second kappa shape index (κ2) is 3.56. The third kappa shape index (κ3) is 2.03. The van der Waals surface area contributed by atoms with Gasteiger partial charge in [0.1, 0.15) is 6.10 Å². The molecule has 0 aliphatic heterocycles. The topological polar surface area (TPSA) is 60.7 Å². The lowest BCUT2D eigenvalue weighted by Gasteiger charge is -2.43. The van der Waals surface area contributed by atoms with Gasteiger partial charge in [-0.2, -0.15) is 0 Å². The molecule has 1 aliphatic carbocycles. The zero-order valence-electron chi connectivity index (χ0n) is 8.57. The Labute approximate surface area is 79.4 Å². The number of aliphatic hydroxyl groups excluding tert-OH is 2. The van der Waals surface area contributed by atoms with Crippen LogP contribution in [0.1, 0.15) is 33.6 Å². The Hall–Kier alpha value is -0.120.